The second-order valence-corrected chi connectivity index (χ2v) is 3.19. The summed E-state index contributed by atoms with van der Waals surface area (Å²) in [6.45, 7) is 5.97. The first-order valence-electron chi connectivity index (χ1n) is 4.65. The Labute approximate surface area is 74.9 Å². The standard InChI is InChI=1S/C10H20O2/c1-3-4-5-6-10(8-12)9(2)7-11/h10-12H,2-8H2,1H3. The van der Waals surface area contributed by atoms with Gasteiger partial charge in [0.2, 0.25) is 0 Å². The molecule has 2 heteroatoms. The first-order valence-corrected chi connectivity index (χ1v) is 4.65. The van der Waals surface area contributed by atoms with Gasteiger partial charge in [-0.15, -0.1) is 0 Å². The van der Waals surface area contributed by atoms with E-state index in [9.17, 15) is 0 Å². The highest BCUT2D eigenvalue weighted by molar-refractivity contribution is 5.00. The zero-order valence-electron chi connectivity index (χ0n) is 7.92. The molecule has 0 aromatic rings. The third-order valence-electron chi connectivity index (χ3n) is 2.16. The van der Waals surface area contributed by atoms with Crippen LogP contribution in [0.25, 0.3) is 0 Å². The number of rotatable bonds is 7. The largest absolute Gasteiger partial charge is 0.396 e. The lowest BCUT2D eigenvalue weighted by atomic mass is 9.95. The van der Waals surface area contributed by atoms with Crippen LogP contribution in [-0.2, 0) is 0 Å². The maximum Gasteiger partial charge on any atom is 0.0642 e. The van der Waals surface area contributed by atoms with Crippen molar-refractivity contribution in [2.75, 3.05) is 13.2 Å². The Bertz CT molecular complexity index is 121. The van der Waals surface area contributed by atoms with Crippen molar-refractivity contribution >= 4 is 0 Å². The van der Waals surface area contributed by atoms with Crippen molar-refractivity contribution in [3.63, 3.8) is 0 Å². The summed E-state index contributed by atoms with van der Waals surface area (Å²) in [5.41, 5.74) is 0.758. The van der Waals surface area contributed by atoms with E-state index in [1.54, 1.807) is 0 Å². The van der Waals surface area contributed by atoms with E-state index in [4.69, 9.17) is 10.2 Å². The molecule has 0 aliphatic carbocycles. The lowest BCUT2D eigenvalue weighted by Gasteiger charge is -2.14. The second-order valence-electron chi connectivity index (χ2n) is 3.19. The summed E-state index contributed by atoms with van der Waals surface area (Å²) in [6.07, 6.45) is 4.43. The fourth-order valence-electron chi connectivity index (χ4n) is 1.19. The molecular formula is C10H20O2. The Balaban J connectivity index is 3.60. The molecule has 0 aliphatic heterocycles. The number of aliphatic hydroxyl groups is 2. The smallest absolute Gasteiger partial charge is 0.0642 e. The SMILES string of the molecule is C=C(CO)C(CO)CCCCC. The molecule has 0 aromatic carbocycles. The molecule has 0 amide bonds. The predicted molar refractivity (Wildman–Crippen MR) is 50.9 cm³/mol. The highest BCUT2D eigenvalue weighted by Crippen LogP contribution is 2.16. The van der Waals surface area contributed by atoms with Crippen LogP contribution in [0.4, 0.5) is 0 Å². The van der Waals surface area contributed by atoms with E-state index in [1.807, 2.05) is 0 Å². The van der Waals surface area contributed by atoms with Gasteiger partial charge in [0.25, 0.3) is 0 Å². The monoisotopic (exact) mass is 172 g/mol. The number of hydrogen-bond donors (Lipinski definition) is 2. The summed E-state index contributed by atoms with van der Waals surface area (Å²) < 4.78 is 0. The van der Waals surface area contributed by atoms with E-state index in [0.29, 0.717) is 0 Å². The van der Waals surface area contributed by atoms with Crippen LogP contribution in [-0.4, -0.2) is 23.4 Å². The first-order chi connectivity index (χ1) is 5.76. The number of unbranched alkanes of at least 4 members (excludes halogenated alkanes) is 2. The molecule has 1 unspecified atom stereocenters. The molecule has 0 spiro atoms. The molecule has 12 heavy (non-hydrogen) atoms. The average Bonchev–Trinajstić information content (AvgIpc) is 2.11. The molecule has 0 bridgehead atoms. The lowest BCUT2D eigenvalue weighted by Crippen LogP contribution is -2.11. The van der Waals surface area contributed by atoms with E-state index in [1.165, 1.54) is 12.8 Å². The van der Waals surface area contributed by atoms with E-state index in [2.05, 4.69) is 13.5 Å². The maximum absolute atomic E-state index is 8.95. The molecule has 0 saturated heterocycles. The zero-order valence-corrected chi connectivity index (χ0v) is 7.92. The minimum atomic E-state index is -0.00263. The Hall–Kier alpha value is -0.340. The third-order valence-corrected chi connectivity index (χ3v) is 2.16. The van der Waals surface area contributed by atoms with Gasteiger partial charge in [-0.1, -0.05) is 32.8 Å². The van der Waals surface area contributed by atoms with Crippen LogP contribution >= 0.6 is 0 Å². The van der Waals surface area contributed by atoms with Crippen molar-refractivity contribution in [3.8, 4) is 0 Å². The normalized spacial score (nSPS) is 12.9. The van der Waals surface area contributed by atoms with Gasteiger partial charge < -0.3 is 10.2 Å². The molecule has 2 nitrogen and oxygen atoms in total. The van der Waals surface area contributed by atoms with Crippen LogP contribution < -0.4 is 0 Å². The van der Waals surface area contributed by atoms with Crippen LogP contribution in [0.3, 0.4) is 0 Å². The van der Waals surface area contributed by atoms with Crippen LogP contribution in [0.5, 0.6) is 0 Å². The van der Waals surface area contributed by atoms with Gasteiger partial charge >= 0.3 is 0 Å². The molecule has 0 aromatic heterocycles. The Morgan fingerprint density at radius 3 is 2.42 bits per heavy atom. The average molecular weight is 172 g/mol. The molecule has 0 saturated carbocycles. The molecule has 72 valence electrons. The van der Waals surface area contributed by atoms with Gasteiger partial charge in [-0.25, -0.2) is 0 Å². The van der Waals surface area contributed by atoms with E-state index in [-0.39, 0.29) is 19.1 Å². The van der Waals surface area contributed by atoms with Crippen LogP contribution in [0.2, 0.25) is 0 Å². The van der Waals surface area contributed by atoms with Gasteiger partial charge in [0.1, 0.15) is 0 Å². The van der Waals surface area contributed by atoms with Crippen LogP contribution in [0, 0.1) is 5.92 Å². The maximum atomic E-state index is 8.95. The topological polar surface area (TPSA) is 40.5 Å². The number of aliphatic hydroxyl groups excluding tert-OH is 2. The Kier molecular flexibility index (Phi) is 7.11. The summed E-state index contributed by atoms with van der Waals surface area (Å²) in [4.78, 5) is 0. The van der Waals surface area contributed by atoms with E-state index >= 15 is 0 Å². The fraction of sp³-hybridized carbons (Fsp3) is 0.800. The molecule has 0 radical (unpaired) electrons. The molecule has 0 fully saturated rings. The number of hydrogen-bond acceptors (Lipinski definition) is 2. The van der Waals surface area contributed by atoms with E-state index < -0.39 is 0 Å². The first kappa shape index (κ1) is 11.7. The second kappa shape index (κ2) is 7.32. The summed E-state index contributed by atoms with van der Waals surface area (Å²) in [7, 11) is 0. The molecule has 0 rings (SSSR count). The van der Waals surface area contributed by atoms with Crippen molar-refractivity contribution < 1.29 is 10.2 Å². The summed E-state index contributed by atoms with van der Waals surface area (Å²) in [6, 6.07) is 0. The Morgan fingerprint density at radius 1 is 1.33 bits per heavy atom. The van der Waals surface area contributed by atoms with Crippen LogP contribution in [0.15, 0.2) is 12.2 Å². The van der Waals surface area contributed by atoms with Gasteiger partial charge in [0.15, 0.2) is 0 Å². The molecule has 2 N–H and O–H groups in total. The van der Waals surface area contributed by atoms with Gasteiger partial charge in [-0.05, 0) is 12.0 Å². The summed E-state index contributed by atoms with van der Waals surface area (Å²) in [5, 5.41) is 17.7. The molecule has 0 aliphatic rings. The van der Waals surface area contributed by atoms with Gasteiger partial charge in [0.05, 0.1) is 6.61 Å². The van der Waals surface area contributed by atoms with Gasteiger partial charge in [-0.3, -0.25) is 0 Å². The molecular weight excluding hydrogens is 152 g/mol. The lowest BCUT2D eigenvalue weighted by molar-refractivity contribution is 0.218. The van der Waals surface area contributed by atoms with Crippen molar-refractivity contribution in [1.82, 2.24) is 0 Å². The summed E-state index contributed by atoms with van der Waals surface area (Å²) in [5.74, 6) is 0.0987. The summed E-state index contributed by atoms with van der Waals surface area (Å²) >= 11 is 0. The van der Waals surface area contributed by atoms with Crippen molar-refractivity contribution in [2.24, 2.45) is 5.92 Å². The van der Waals surface area contributed by atoms with Crippen LogP contribution in [0.1, 0.15) is 32.6 Å². The minimum Gasteiger partial charge on any atom is -0.396 e. The zero-order chi connectivity index (χ0) is 9.40. The highest BCUT2D eigenvalue weighted by atomic mass is 16.3. The highest BCUT2D eigenvalue weighted by Gasteiger charge is 2.09. The van der Waals surface area contributed by atoms with Crippen molar-refractivity contribution in [2.45, 2.75) is 32.6 Å². The van der Waals surface area contributed by atoms with Crippen molar-refractivity contribution in [3.05, 3.63) is 12.2 Å². The van der Waals surface area contributed by atoms with Gasteiger partial charge in [0, 0.05) is 12.5 Å². The molecule has 0 heterocycles. The van der Waals surface area contributed by atoms with E-state index in [0.717, 1.165) is 18.4 Å². The van der Waals surface area contributed by atoms with Gasteiger partial charge in [-0.2, -0.15) is 0 Å². The predicted octanol–water partition coefficient (Wildman–Crippen LogP) is 1.72. The quantitative estimate of drug-likeness (QED) is 0.453. The Morgan fingerprint density at radius 2 is 2.00 bits per heavy atom. The minimum absolute atomic E-state index is 0.00263. The van der Waals surface area contributed by atoms with Crippen molar-refractivity contribution in [1.29, 1.82) is 0 Å². The third kappa shape index (κ3) is 4.52. The fourth-order valence-corrected chi connectivity index (χ4v) is 1.19. The molecule has 1 atom stereocenters.